The molecule has 2 aromatic carbocycles. The maximum absolute atomic E-state index is 11.5. The average Bonchev–Trinajstić information content (AvgIpc) is 2.53. The molecule has 0 bridgehead atoms. The first kappa shape index (κ1) is 15.3. The highest BCUT2D eigenvalue weighted by molar-refractivity contribution is 5.98. The van der Waals surface area contributed by atoms with Gasteiger partial charge in [0, 0.05) is 11.5 Å². The Morgan fingerprint density at radius 2 is 1.83 bits per heavy atom. The molecule has 0 radical (unpaired) electrons. The van der Waals surface area contributed by atoms with Crippen molar-refractivity contribution < 1.29 is 14.3 Å². The fourth-order valence-electron chi connectivity index (χ4n) is 2.42. The minimum absolute atomic E-state index is 0.112. The van der Waals surface area contributed by atoms with Crippen LogP contribution in [0.3, 0.4) is 0 Å². The van der Waals surface area contributed by atoms with Crippen LogP contribution in [0.4, 0.5) is 5.69 Å². The summed E-state index contributed by atoms with van der Waals surface area (Å²) >= 11 is 0. The van der Waals surface area contributed by atoms with Gasteiger partial charge in [-0.25, -0.2) is 14.6 Å². The third-order valence-corrected chi connectivity index (χ3v) is 3.42. The van der Waals surface area contributed by atoms with Gasteiger partial charge in [0.1, 0.15) is 5.58 Å². The SMILES string of the molecule is NC(N)=Nc1ccc(C(=O)O)c(-c2ccc3oc(=O)ccc3c2)c1. The Balaban J connectivity index is 2.22. The van der Waals surface area contributed by atoms with Crippen LogP contribution in [0.5, 0.6) is 0 Å². The molecule has 0 amide bonds. The normalized spacial score (nSPS) is 10.5. The Bertz CT molecular complexity index is 1030. The van der Waals surface area contributed by atoms with E-state index in [1.807, 2.05) is 0 Å². The maximum atomic E-state index is 11.5. The van der Waals surface area contributed by atoms with Gasteiger partial charge >= 0.3 is 11.6 Å². The molecule has 0 atom stereocenters. The van der Waals surface area contributed by atoms with E-state index in [2.05, 4.69) is 4.99 Å². The second kappa shape index (κ2) is 5.88. The smallest absolute Gasteiger partial charge is 0.336 e. The quantitative estimate of drug-likeness (QED) is 0.384. The first-order valence-electron chi connectivity index (χ1n) is 6.95. The van der Waals surface area contributed by atoms with Gasteiger partial charge in [-0.05, 0) is 47.5 Å². The van der Waals surface area contributed by atoms with E-state index >= 15 is 0 Å². The van der Waals surface area contributed by atoms with E-state index in [1.54, 1.807) is 30.3 Å². The highest BCUT2D eigenvalue weighted by atomic mass is 16.4. The zero-order valence-corrected chi connectivity index (χ0v) is 12.4. The Labute approximate surface area is 135 Å². The number of carbonyl (C=O) groups is 1. The summed E-state index contributed by atoms with van der Waals surface area (Å²) in [5.41, 5.74) is 12.4. The molecular weight excluding hydrogens is 310 g/mol. The molecule has 7 nitrogen and oxygen atoms in total. The predicted molar refractivity (Wildman–Crippen MR) is 90.3 cm³/mol. The van der Waals surface area contributed by atoms with Crippen LogP contribution in [0.1, 0.15) is 10.4 Å². The van der Waals surface area contributed by atoms with Gasteiger partial charge in [0.25, 0.3) is 0 Å². The molecule has 0 aliphatic heterocycles. The molecule has 120 valence electrons. The number of hydrogen-bond donors (Lipinski definition) is 3. The van der Waals surface area contributed by atoms with Crippen LogP contribution in [0.2, 0.25) is 0 Å². The summed E-state index contributed by atoms with van der Waals surface area (Å²) in [5.74, 6) is -1.19. The third kappa shape index (κ3) is 2.95. The third-order valence-electron chi connectivity index (χ3n) is 3.42. The van der Waals surface area contributed by atoms with Crippen LogP contribution in [0.15, 0.2) is 62.7 Å². The zero-order valence-electron chi connectivity index (χ0n) is 12.4. The molecular formula is C17H13N3O4. The highest BCUT2D eigenvalue weighted by Crippen LogP contribution is 2.30. The summed E-state index contributed by atoms with van der Waals surface area (Å²) in [6, 6.07) is 12.5. The molecule has 24 heavy (non-hydrogen) atoms. The van der Waals surface area contributed by atoms with Gasteiger partial charge in [-0.2, -0.15) is 0 Å². The summed E-state index contributed by atoms with van der Waals surface area (Å²) in [6.45, 7) is 0. The molecule has 0 unspecified atom stereocenters. The van der Waals surface area contributed by atoms with E-state index in [1.165, 1.54) is 18.2 Å². The van der Waals surface area contributed by atoms with Crippen molar-refractivity contribution in [1.29, 1.82) is 0 Å². The first-order valence-corrected chi connectivity index (χ1v) is 6.95. The van der Waals surface area contributed by atoms with E-state index in [4.69, 9.17) is 15.9 Å². The predicted octanol–water partition coefficient (Wildman–Crippen LogP) is 2.06. The topological polar surface area (TPSA) is 132 Å². The van der Waals surface area contributed by atoms with Crippen molar-refractivity contribution in [2.75, 3.05) is 0 Å². The summed E-state index contributed by atoms with van der Waals surface area (Å²) in [7, 11) is 0. The number of benzene rings is 2. The van der Waals surface area contributed by atoms with Crippen LogP contribution in [-0.2, 0) is 0 Å². The van der Waals surface area contributed by atoms with Gasteiger partial charge in [-0.15, -0.1) is 0 Å². The average molecular weight is 323 g/mol. The van der Waals surface area contributed by atoms with Crippen molar-refractivity contribution in [3.8, 4) is 11.1 Å². The number of fused-ring (bicyclic) bond motifs is 1. The largest absolute Gasteiger partial charge is 0.478 e. The Hall–Kier alpha value is -3.61. The maximum Gasteiger partial charge on any atom is 0.336 e. The molecule has 7 heteroatoms. The number of guanidine groups is 1. The number of rotatable bonds is 3. The molecule has 0 aliphatic carbocycles. The number of hydrogen-bond acceptors (Lipinski definition) is 4. The molecule has 5 N–H and O–H groups in total. The van der Waals surface area contributed by atoms with Crippen LogP contribution in [-0.4, -0.2) is 17.0 Å². The number of nitrogens with zero attached hydrogens (tertiary/aromatic N) is 1. The zero-order chi connectivity index (χ0) is 17.3. The number of aliphatic imine (C=N–C) groups is 1. The minimum atomic E-state index is -1.07. The molecule has 0 spiro atoms. The molecule has 0 saturated heterocycles. The summed E-state index contributed by atoms with van der Waals surface area (Å²) < 4.78 is 5.08. The Morgan fingerprint density at radius 3 is 2.54 bits per heavy atom. The molecule has 1 heterocycles. The molecule has 0 fully saturated rings. The standard InChI is InChI=1S/C17H13N3O4/c18-17(19)20-11-3-4-12(16(22)23)13(8-11)9-1-5-14-10(7-9)2-6-15(21)24-14/h1-8H,(H,22,23)(H4,18,19,20). The Morgan fingerprint density at radius 1 is 1.04 bits per heavy atom. The van der Waals surface area contributed by atoms with Gasteiger partial charge in [-0.1, -0.05) is 6.07 Å². The van der Waals surface area contributed by atoms with E-state index in [9.17, 15) is 14.7 Å². The van der Waals surface area contributed by atoms with Crippen molar-refractivity contribution in [3.05, 3.63) is 64.5 Å². The van der Waals surface area contributed by atoms with Gasteiger partial charge in [0.05, 0.1) is 11.3 Å². The lowest BCUT2D eigenvalue weighted by atomic mass is 9.98. The number of carboxylic acid groups (broad SMARTS) is 1. The minimum Gasteiger partial charge on any atom is -0.478 e. The summed E-state index contributed by atoms with van der Waals surface area (Å²) in [5, 5.41) is 10.1. The van der Waals surface area contributed by atoms with Gasteiger partial charge in [0.2, 0.25) is 0 Å². The molecule has 0 saturated carbocycles. The highest BCUT2D eigenvalue weighted by Gasteiger charge is 2.13. The molecule has 1 aromatic heterocycles. The van der Waals surface area contributed by atoms with Crippen molar-refractivity contribution in [2.24, 2.45) is 16.5 Å². The fraction of sp³-hybridized carbons (Fsp3) is 0. The van der Waals surface area contributed by atoms with Crippen LogP contribution in [0.25, 0.3) is 22.1 Å². The van der Waals surface area contributed by atoms with Crippen molar-refractivity contribution >= 4 is 28.6 Å². The number of carboxylic acids is 1. The van der Waals surface area contributed by atoms with Crippen molar-refractivity contribution in [3.63, 3.8) is 0 Å². The lowest BCUT2D eigenvalue weighted by Crippen LogP contribution is -2.21. The van der Waals surface area contributed by atoms with E-state index in [0.29, 0.717) is 27.8 Å². The molecule has 0 aliphatic rings. The lowest BCUT2D eigenvalue weighted by Gasteiger charge is -2.09. The summed E-state index contributed by atoms with van der Waals surface area (Å²) in [4.78, 5) is 26.7. The molecule has 3 aromatic rings. The monoisotopic (exact) mass is 323 g/mol. The van der Waals surface area contributed by atoms with Gasteiger partial charge < -0.3 is 21.0 Å². The van der Waals surface area contributed by atoms with E-state index in [-0.39, 0.29) is 11.5 Å². The Kier molecular flexibility index (Phi) is 3.75. The summed E-state index contributed by atoms with van der Waals surface area (Å²) in [6.07, 6.45) is 0. The number of aromatic carboxylic acids is 1. The van der Waals surface area contributed by atoms with Crippen molar-refractivity contribution in [2.45, 2.75) is 0 Å². The van der Waals surface area contributed by atoms with Crippen LogP contribution in [0, 0.1) is 0 Å². The second-order valence-corrected chi connectivity index (χ2v) is 5.08. The van der Waals surface area contributed by atoms with Crippen LogP contribution < -0.4 is 17.1 Å². The van der Waals surface area contributed by atoms with Gasteiger partial charge in [0.15, 0.2) is 5.96 Å². The van der Waals surface area contributed by atoms with E-state index < -0.39 is 11.6 Å². The molecule has 3 rings (SSSR count). The fourth-order valence-corrected chi connectivity index (χ4v) is 2.42. The second-order valence-electron chi connectivity index (χ2n) is 5.08. The lowest BCUT2D eigenvalue weighted by molar-refractivity contribution is 0.0698. The van der Waals surface area contributed by atoms with E-state index in [0.717, 1.165) is 0 Å². The number of nitrogens with two attached hydrogens (primary N) is 2. The van der Waals surface area contributed by atoms with Crippen molar-refractivity contribution in [1.82, 2.24) is 0 Å². The van der Waals surface area contributed by atoms with Gasteiger partial charge in [-0.3, -0.25) is 0 Å². The first-order chi connectivity index (χ1) is 11.4. The van der Waals surface area contributed by atoms with Crippen LogP contribution >= 0.6 is 0 Å².